The molecule has 0 saturated heterocycles. The zero-order chi connectivity index (χ0) is 10.6. The summed E-state index contributed by atoms with van der Waals surface area (Å²) >= 11 is 1.73. The van der Waals surface area contributed by atoms with Crippen LogP contribution < -0.4 is 0 Å². The fraction of sp³-hybridized carbons (Fsp3) is 0.417. The average Bonchev–Trinajstić information content (AvgIpc) is 2.16. The number of Topliss-reactive ketones (excluding diaryl/α,β-unsaturated/α-hetero) is 1. The zero-order valence-electron chi connectivity index (χ0n) is 8.91. The molecular formula is C12H16OS. The largest absolute Gasteiger partial charge is 0.299 e. The summed E-state index contributed by atoms with van der Waals surface area (Å²) in [6.45, 7) is 5.64. The Balaban J connectivity index is 2.53. The smallest absolute Gasteiger partial charge is 0.136 e. The summed E-state index contributed by atoms with van der Waals surface area (Å²) in [6, 6.07) is 10.2. The van der Waals surface area contributed by atoms with Gasteiger partial charge in [0.2, 0.25) is 0 Å². The zero-order valence-corrected chi connectivity index (χ0v) is 9.73. The van der Waals surface area contributed by atoms with Crippen LogP contribution in [0, 0.1) is 5.41 Å². The quantitative estimate of drug-likeness (QED) is 0.705. The van der Waals surface area contributed by atoms with Crippen molar-refractivity contribution in [2.24, 2.45) is 5.41 Å². The number of carbonyl (C=O) groups is 1. The number of hydrogen-bond donors (Lipinski definition) is 0. The van der Waals surface area contributed by atoms with E-state index in [2.05, 4.69) is 12.1 Å². The molecule has 0 aromatic heterocycles. The Morgan fingerprint density at radius 2 is 1.86 bits per heavy atom. The van der Waals surface area contributed by atoms with E-state index in [1.807, 2.05) is 32.0 Å². The van der Waals surface area contributed by atoms with Gasteiger partial charge < -0.3 is 0 Å². The lowest BCUT2D eigenvalue weighted by molar-refractivity contribution is -0.123. The highest BCUT2D eigenvalue weighted by atomic mass is 32.2. The Kier molecular flexibility index (Phi) is 3.76. The minimum Gasteiger partial charge on any atom is -0.299 e. The fourth-order valence-corrected chi connectivity index (χ4v) is 1.96. The van der Waals surface area contributed by atoms with Crippen molar-refractivity contribution in [3.63, 3.8) is 0 Å². The summed E-state index contributed by atoms with van der Waals surface area (Å²) in [7, 11) is 0. The van der Waals surface area contributed by atoms with E-state index in [1.54, 1.807) is 18.7 Å². The summed E-state index contributed by atoms with van der Waals surface area (Å²) < 4.78 is 0. The maximum Gasteiger partial charge on any atom is 0.136 e. The van der Waals surface area contributed by atoms with E-state index >= 15 is 0 Å². The van der Waals surface area contributed by atoms with Crippen molar-refractivity contribution in [2.75, 3.05) is 5.75 Å². The molecule has 0 unspecified atom stereocenters. The average molecular weight is 208 g/mol. The second-order valence-electron chi connectivity index (χ2n) is 4.04. The Morgan fingerprint density at radius 1 is 1.29 bits per heavy atom. The van der Waals surface area contributed by atoms with E-state index in [0.717, 1.165) is 5.75 Å². The van der Waals surface area contributed by atoms with Crippen molar-refractivity contribution in [2.45, 2.75) is 25.7 Å². The van der Waals surface area contributed by atoms with Crippen molar-refractivity contribution in [1.29, 1.82) is 0 Å². The number of thioether (sulfide) groups is 1. The number of hydrogen-bond acceptors (Lipinski definition) is 2. The first-order valence-electron chi connectivity index (χ1n) is 4.71. The van der Waals surface area contributed by atoms with Gasteiger partial charge in [-0.3, -0.25) is 4.79 Å². The van der Waals surface area contributed by atoms with Crippen LogP contribution >= 0.6 is 11.8 Å². The van der Waals surface area contributed by atoms with Crippen LogP contribution in [0.1, 0.15) is 20.8 Å². The molecule has 1 aromatic carbocycles. The van der Waals surface area contributed by atoms with Gasteiger partial charge in [0.25, 0.3) is 0 Å². The molecule has 14 heavy (non-hydrogen) atoms. The summed E-state index contributed by atoms with van der Waals surface area (Å²) in [5.74, 6) is 1.09. The molecule has 0 aliphatic heterocycles. The van der Waals surface area contributed by atoms with Gasteiger partial charge in [-0.15, -0.1) is 11.8 Å². The third-order valence-electron chi connectivity index (χ3n) is 2.30. The van der Waals surface area contributed by atoms with Gasteiger partial charge in [0.1, 0.15) is 5.78 Å². The van der Waals surface area contributed by atoms with Crippen LogP contribution in [0.25, 0.3) is 0 Å². The Morgan fingerprint density at radius 3 is 2.36 bits per heavy atom. The molecule has 2 heteroatoms. The van der Waals surface area contributed by atoms with Gasteiger partial charge in [-0.25, -0.2) is 0 Å². The molecule has 0 atom stereocenters. The van der Waals surface area contributed by atoms with Gasteiger partial charge in [0, 0.05) is 16.1 Å². The molecule has 0 heterocycles. The predicted octanol–water partition coefficient (Wildman–Crippen LogP) is 3.39. The fourth-order valence-electron chi connectivity index (χ4n) is 0.882. The van der Waals surface area contributed by atoms with Crippen LogP contribution in [0.5, 0.6) is 0 Å². The molecule has 0 saturated carbocycles. The topological polar surface area (TPSA) is 17.1 Å². The predicted molar refractivity (Wildman–Crippen MR) is 61.6 cm³/mol. The third kappa shape index (κ3) is 3.18. The Labute approximate surface area is 89.9 Å². The number of benzene rings is 1. The maximum absolute atomic E-state index is 11.3. The van der Waals surface area contributed by atoms with Gasteiger partial charge in [-0.1, -0.05) is 32.0 Å². The van der Waals surface area contributed by atoms with Crippen LogP contribution in [0.3, 0.4) is 0 Å². The summed E-state index contributed by atoms with van der Waals surface area (Å²) in [4.78, 5) is 12.5. The molecular weight excluding hydrogens is 192 g/mol. The van der Waals surface area contributed by atoms with Crippen molar-refractivity contribution >= 4 is 17.5 Å². The Hall–Kier alpha value is -0.760. The van der Waals surface area contributed by atoms with E-state index in [4.69, 9.17) is 0 Å². The van der Waals surface area contributed by atoms with Crippen molar-refractivity contribution in [3.8, 4) is 0 Å². The molecule has 76 valence electrons. The van der Waals surface area contributed by atoms with Crippen LogP contribution in [0.15, 0.2) is 35.2 Å². The SMILES string of the molecule is CC(=O)C(C)(C)CSc1ccccc1. The molecule has 0 amide bonds. The van der Waals surface area contributed by atoms with Gasteiger partial charge in [-0.2, -0.15) is 0 Å². The molecule has 1 nitrogen and oxygen atoms in total. The number of carbonyl (C=O) groups excluding carboxylic acids is 1. The van der Waals surface area contributed by atoms with Crippen LogP contribution in [-0.4, -0.2) is 11.5 Å². The monoisotopic (exact) mass is 208 g/mol. The van der Waals surface area contributed by atoms with Gasteiger partial charge in [0.05, 0.1) is 0 Å². The molecule has 0 radical (unpaired) electrons. The highest BCUT2D eigenvalue weighted by Gasteiger charge is 2.23. The van der Waals surface area contributed by atoms with Gasteiger partial charge in [-0.05, 0) is 19.1 Å². The first-order valence-corrected chi connectivity index (χ1v) is 5.70. The normalized spacial score (nSPS) is 11.4. The second kappa shape index (κ2) is 4.65. The molecule has 0 aliphatic carbocycles. The maximum atomic E-state index is 11.3. The molecule has 0 spiro atoms. The van der Waals surface area contributed by atoms with E-state index < -0.39 is 0 Å². The van der Waals surface area contributed by atoms with E-state index in [0.29, 0.717) is 0 Å². The van der Waals surface area contributed by atoms with E-state index in [1.165, 1.54) is 4.90 Å². The second-order valence-corrected chi connectivity index (χ2v) is 5.09. The minimum atomic E-state index is -0.222. The minimum absolute atomic E-state index is 0.222. The Bertz CT molecular complexity index is 303. The third-order valence-corrected chi connectivity index (χ3v) is 3.77. The highest BCUT2D eigenvalue weighted by Crippen LogP contribution is 2.27. The van der Waals surface area contributed by atoms with Crippen molar-refractivity contribution < 1.29 is 4.79 Å². The number of rotatable bonds is 4. The van der Waals surface area contributed by atoms with Gasteiger partial charge in [0.15, 0.2) is 0 Å². The molecule has 1 aromatic rings. The molecule has 0 N–H and O–H groups in total. The van der Waals surface area contributed by atoms with Crippen LogP contribution in [-0.2, 0) is 4.79 Å². The van der Waals surface area contributed by atoms with Crippen LogP contribution in [0.2, 0.25) is 0 Å². The number of ketones is 1. The first kappa shape index (κ1) is 11.3. The molecule has 0 aliphatic rings. The van der Waals surface area contributed by atoms with E-state index in [-0.39, 0.29) is 11.2 Å². The summed E-state index contributed by atoms with van der Waals surface area (Å²) in [5.41, 5.74) is -0.222. The molecule has 0 fully saturated rings. The van der Waals surface area contributed by atoms with Crippen molar-refractivity contribution in [1.82, 2.24) is 0 Å². The summed E-state index contributed by atoms with van der Waals surface area (Å²) in [5, 5.41) is 0. The highest BCUT2D eigenvalue weighted by molar-refractivity contribution is 7.99. The van der Waals surface area contributed by atoms with Crippen molar-refractivity contribution in [3.05, 3.63) is 30.3 Å². The van der Waals surface area contributed by atoms with E-state index in [9.17, 15) is 4.79 Å². The summed E-state index contributed by atoms with van der Waals surface area (Å²) in [6.07, 6.45) is 0. The first-order chi connectivity index (χ1) is 6.52. The van der Waals surface area contributed by atoms with Crippen LogP contribution in [0.4, 0.5) is 0 Å². The van der Waals surface area contributed by atoms with Gasteiger partial charge >= 0.3 is 0 Å². The standard InChI is InChI=1S/C12H16OS/c1-10(13)12(2,3)9-14-11-7-5-4-6-8-11/h4-8H,9H2,1-3H3. The lowest BCUT2D eigenvalue weighted by atomic mass is 9.92. The molecule has 0 bridgehead atoms. The molecule has 1 rings (SSSR count). The lowest BCUT2D eigenvalue weighted by Gasteiger charge is -2.20. The lowest BCUT2D eigenvalue weighted by Crippen LogP contribution is -2.23.